The third-order valence-electron chi connectivity index (χ3n) is 2.65. The Morgan fingerprint density at radius 3 is 2.72 bits per heavy atom. The Morgan fingerprint density at radius 2 is 2.06 bits per heavy atom. The molecule has 0 aliphatic rings. The summed E-state index contributed by atoms with van der Waals surface area (Å²) >= 11 is 1.60. The van der Waals surface area contributed by atoms with E-state index in [9.17, 15) is 10.2 Å². The van der Waals surface area contributed by atoms with Crippen LogP contribution in [-0.4, -0.2) is 21.7 Å². The largest absolute Gasteiger partial charge is 0.504 e. The molecule has 0 aliphatic heterocycles. The third kappa shape index (κ3) is 2.63. The molecule has 0 amide bonds. The normalized spacial score (nSPS) is 10.8. The van der Waals surface area contributed by atoms with Crippen molar-refractivity contribution in [1.29, 1.82) is 0 Å². The van der Waals surface area contributed by atoms with E-state index >= 15 is 0 Å². The van der Waals surface area contributed by atoms with Crippen LogP contribution in [0.15, 0.2) is 18.2 Å². The molecular formula is C13H16N2O2S. The van der Waals surface area contributed by atoms with E-state index in [1.54, 1.807) is 17.4 Å². The predicted octanol–water partition coefficient (Wildman–Crippen LogP) is 2.64. The summed E-state index contributed by atoms with van der Waals surface area (Å²) < 4.78 is 0. The van der Waals surface area contributed by atoms with E-state index in [-0.39, 0.29) is 11.5 Å². The quantitative estimate of drug-likeness (QED) is 0.743. The number of phenols is 2. The zero-order chi connectivity index (χ0) is 13.1. The Hall–Kier alpha value is -1.59. The SMILES string of the molecule is CCNCc1sc(-c2ccc(O)c(O)c2)nc1C. The number of nitrogens with one attached hydrogen (secondary N) is 1. The van der Waals surface area contributed by atoms with E-state index < -0.39 is 0 Å². The van der Waals surface area contributed by atoms with Crippen molar-refractivity contribution in [3.8, 4) is 22.1 Å². The lowest BCUT2D eigenvalue weighted by atomic mass is 10.2. The van der Waals surface area contributed by atoms with Gasteiger partial charge in [0.1, 0.15) is 5.01 Å². The van der Waals surface area contributed by atoms with Gasteiger partial charge in [-0.05, 0) is 31.7 Å². The van der Waals surface area contributed by atoms with Gasteiger partial charge < -0.3 is 15.5 Å². The maximum Gasteiger partial charge on any atom is 0.158 e. The van der Waals surface area contributed by atoms with Gasteiger partial charge in [0.15, 0.2) is 11.5 Å². The van der Waals surface area contributed by atoms with Gasteiger partial charge in [-0.1, -0.05) is 6.92 Å². The van der Waals surface area contributed by atoms with E-state index in [1.807, 2.05) is 6.92 Å². The Kier molecular flexibility index (Phi) is 3.84. The molecule has 1 aromatic heterocycles. The van der Waals surface area contributed by atoms with Gasteiger partial charge in [0.2, 0.25) is 0 Å². The lowest BCUT2D eigenvalue weighted by molar-refractivity contribution is 0.404. The molecule has 3 N–H and O–H groups in total. The van der Waals surface area contributed by atoms with Crippen molar-refractivity contribution < 1.29 is 10.2 Å². The number of aryl methyl sites for hydroxylation is 1. The van der Waals surface area contributed by atoms with Gasteiger partial charge in [0.05, 0.1) is 5.69 Å². The van der Waals surface area contributed by atoms with Crippen LogP contribution in [0.1, 0.15) is 17.5 Å². The van der Waals surface area contributed by atoms with Crippen molar-refractivity contribution >= 4 is 11.3 Å². The molecule has 0 saturated heterocycles. The Morgan fingerprint density at radius 1 is 1.28 bits per heavy atom. The number of aromatic nitrogens is 1. The lowest BCUT2D eigenvalue weighted by Gasteiger charge is -2.00. The molecule has 0 spiro atoms. The summed E-state index contributed by atoms with van der Waals surface area (Å²) in [4.78, 5) is 5.68. The number of aromatic hydroxyl groups is 2. The summed E-state index contributed by atoms with van der Waals surface area (Å²) in [5.74, 6) is -0.228. The van der Waals surface area contributed by atoms with Gasteiger partial charge in [-0.3, -0.25) is 0 Å². The van der Waals surface area contributed by atoms with Crippen LogP contribution < -0.4 is 5.32 Å². The molecule has 2 aromatic rings. The minimum Gasteiger partial charge on any atom is -0.504 e. The fourth-order valence-electron chi connectivity index (χ4n) is 1.61. The first-order valence-corrected chi connectivity index (χ1v) is 6.62. The molecule has 0 aliphatic carbocycles. The van der Waals surface area contributed by atoms with Crippen LogP contribution in [0, 0.1) is 6.92 Å². The average Bonchev–Trinajstić information content (AvgIpc) is 2.72. The van der Waals surface area contributed by atoms with Crippen LogP contribution in [0.3, 0.4) is 0 Å². The van der Waals surface area contributed by atoms with Crippen LogP contribution in [0.2, 0.25) is 0 Å². The van der Waals surface area contributed by atoms with Gasteiger partial charge >= 0.3 is 0 Å². The first kappa shape index (κ1) is 12.9. The Labute approximate surface area is 110 Å². The van der Waals surface area contributed by atoms with E-state index in [0.29, 0.717) is 0 Å². The first-order valence-electron chi connectivity index (χ1n) is 5.81. The Balaban J connectivity index is 2.30. The highest BCUT2D eigenvalue weighted by molar-refractivity contribution is 7.15. The summed E-state index contributed by atoms with van der Waals surface area (Å²) in [6.07, 6.45) is 0. The molecule has 0 radical (unpaired) electrons. The number of benzene rings is 1. The maximum absolute atomic E-state index is 9.49. The molecular weight excluding hydrogens is 248 g/mol. The molecule has 0 saturated carbocycles. The second-order valence-corrected chi connectivity index (χ2v) is 5.10. The molecule has 5 heteroatoms. The molecule has 0 fully saturated rings. The highest BCUT2D eigenvalue weighted by Gasteiger charge is 2.10. The van der Waals surface area contributed by atoms with E-state index in [0.717, 1.165) is 29.4 Å². The van der Waals surface area contributed by atoms with Gasteiger partial charge in [-0.15, -0.1) is 11.3 Å². The first-order chi connectivity index (χ1) is 8.61. The monoisotopic (exact) mass is 264 g/mol. The third-order valence-corrected chi connectivity index (χ3v) is 3.86. The van der Waals surface area contributed by atoms with Crippen LogP contribution in [0.5, 0.6) is 11.5 Å². The van der Waals surface area contributed by atoms with Crippen molar-refractivity contribution in [2.24, 2.45) is 0 Å². The van der Waals surface area contributed by atoms with Crippen LogP contribution in [-0.2, 0) is 6.54 Å². The summed E-state index contributed by atoms with van der Waals surface area (Å²) in [6.45, 7) is 5.78. The average molecular weight is 264 g/mol. The van der Waals surface area contributed by atoms with Gasteiger partial charge in [0, 0.05) is 17.0 Å². The minimum absolute atomic E-state index is 0.111. The fourth-order valence-corrected chi connectivity index (χ4v) is 2.64. The van der Waals surface area contributed by atoms with Crippen LogP contribution in [0.4, 0.5) is 0 Å². The number of hydrogen-bond donors (Lipinski definition) is 3. The van der Waals surface area contributed by atoms with E-state index in [4.69, 9.17) is 0 Å². The number of nitrogens with zero attached hydrogens (tertiary/aromatic N) is 1. The molecule has 0 atom stereocenters. The van der Waals surface area contributed by atoms with Crippen LogP contribution >= 0.6 is 11.3 Å². The molecule has 0 bridgehead atoms. The minimum atomic E-state index is -0.117. The van der Waals surface area contributed by atoms with E-state index in [1.165, 1.54) is 17.0 Å². The second kappa shape index (κ2) is 5.37. The molecule has 0 unspecified atom stereocenters. The topological polar surface area (TPSA) is 65.4 Å². The number of hydrogen-bond acceptors (Lipinski definition) is 5. The number of rotatable bonds is 4. The fraction of sp³-hybridized carbons (Fsp3) is 0.308. The smallest absolute Gasteiger partial charge is 0.158 e. The van der Waals surface area contributed by atoms with Crippen molar-refractivity contribution in [3.63, 3.8) is 0 Å². The zero-order valence-electron chi connectivity index (χ0n) is 10.4. The summed E-state index contributed by atoms with van der Waals surface area (Å²) in [7, 11) is 0. The van der Waals surface area contributed by atoms with Gasteiger partial charge in [0.25, 0.3) is 0 Å². The van der Waals surface area contributed by atoms with Gasteiger partial charge in [-0.25, -0.2) is 4.98 Å². The highest BCUT2D eigenvalue weighted by Crippen LogP contribution is 2.33. The summed E-state index contributed by atoms with van der Waals surface area (Å²) in [5.41, 5.74) is 1.82. The predicted molar refractivity (Wildman–Crippen MR) is 73.0 cm³/mol. The summed E-state index contributed by atoms with van der Waals surface area (Å²) in [6, 6.07) is 4.76. The van der Waals surface area contributed by atoms with Crippen molar-refractivity contribution in [2.45, 2.75) is 20.4 Å². The maximum atomic E-state index is 9.49. The number of phenolic OH excluding ortho intramolecular Hbond substituents is 2. The van der Waals surface area contributed by atoms with Crippen molar-refractivity contribution in [2.75, 3.05) is 6.54 Å². The molecule has 18 heavy (non-hydrogen) atoms. The van der Waals surface area contributed by atoms with E-state index in [2.05, 4.69) is 17.2 Å². The van der Waals surface area contributed by atoms with Crippen LogP contribution in [0.25, 0.3) is 10.6 Å². The summed E-state index contributed by atoms with van der Waals surface area (Å²) in [5, 5.41) is 22.9. The number of thiazole rings is 1. The van der Waals surface area contributed by atoms with Crippen molar-refractivity contribution in [1.82, 2.24) is 10.3 Å². The highest BCUT2D eigenvalue weighted by atomic mass is 32.1. The molecule has 1 heterocycles. The van der Waals surface area contributed by atoms with Gasteiger partial charge in [-0.2, -0.15) is 0 Å². The molecule has 2 rings (SSSR count). The molecule has 1 aromatic carbocycles. The Bertz CT molecular complexity index is 552. The lowest BCUT2D eigenvalue weighted by Crippen LogP contribution is -2.11. The van der Waals surface area contributed by atoms with Crippen molar-refractivity contribution in [3.05, 3.63) is 28.8 Å². The molecule has 96 valence electrons. The second-order valence-electron chi connectivity index (χ2n) is 4.01. The molecule has 4 nitrogen and oxygen atoms in total. The standard InChI is InChI=1S/C13H16N2O2S/c1-3-14-7-12-8(2)15-13(18-12)9-4-5-10(16)11(17)6-9/h4-6,14,16-17H,3,7H2,1-2H3. The zero-order valence-corrected chi connectivity index (χ0v) is 11.2.